The summed E-state index contributed by atoms with van der Waals surface area (Å²) in [4.78, 5) is 0. The monoisotopic (exact) mass is 232 g/mol. The molecule has 0 heteroatoms. The first-order valence-electron chi connectivity index (χ1n) is 7.56. The van der Waals surface area contributed by atoms with Crippen molar-refractivity contribution in [1.82, 2.24) is 0 Å². The molecular weight excluding hydrogens is 204 g/mol. The molecule has 96 valence electrons. The summed E-state index contributed by atoms with van der Waals surface area (Å²) in [5.74, 6) is 2.77. The summed E-state index contributed by atoms with van der Waals surface area (Å²) < 4.78 is 0. The van der Waals surface area contributed by atoms with E-state index in [2.05, 4.69) is 26.5 Å². The van der Waals surface area contributed by atoms with Crippen LogP contribution in [0.25, 0.3) is 0 Å². The lowest BCUT2D eigenvalue weighted by Gasteiger charge is -2.33. The molecule has 3 atom stereocenters. The van der Waals surface area contributed by atoms with E-state index in [0.29, 0.717) is 0 Å². The van der Waals surface area contributed by atoms with E-state index in [1.165, 1.54) is 56.9 Å². The molecule has 2 fully saturated rings. The number of rotatable bonds is 5. The normalized spacial score (nSPS) is 33.9. The summed E-state index contributed by atoms with van der Waals surface area (Å²) >= 11 is 0. The van der Waals surface area contributed by atoms with Gasteiger partial charge in [-0.05, 0) is 62.7 Å². The molecule has 0 aromatic heterocycles. The Morgan fingerprint density at radius 1 is 1.35 bits per heavy atom. The Bertz CT molecular complexity index is 297. The van der Waals surface area contributed by atoms with Gasteiger partial charge in [0, 0.05) is 0 Å². The molecule has 2 rings (SSSR count). The van der Waals surface area contributed by atoms with Gasteiger partial charge >= 0.3 is 0 Å². The third kappa shape index (κ3) is 3.24. The molecule has 2 saturated carbocycles. The first-order chi connectivity index (χ1) is 8.20. The maximum Gasteiger partial charge on any atom is -0.0169 e. The number of allylic oxidation sites excluding steroid dienone is 3. The van der Waals surface area contributed by atoms with E-state index >= 15 is 0 Å². The molecule has 0 aromatic rings. The summed E-state index contributed by atoms with van der Waals surface area (Å²) in [6.07, 6.45) is 13.4. The minimum atomic E-state index is 0.806. The predicted molar refractivity (Wildman–Crippen MR) is 76.0 cm³/mol. The van der Waals surface area contributed by atoms with Gasteiger partial charge in [-0.3, -0.25) is 0 Å². The zero-order chi connectivity index (χ0) is 12.3. The second kappa shape index (κ2) is 5.89. The molecule has 0 heterocycles. The molecule has 17 heavy (non-hydrogen) atoms. The van der Waals surface area contributed by atoms with Crippen LogP contribution in [0.15, 0.2) is 23.8 Å². The molecule has 0 N–H and O–H groups in total. The van der Waals surface area contributed by atoms with Crippen molar-refractivity contribution in [3.05, 3.63) is 23.8 Å². The van der Waals surface area contributed by atoms with Gasteiger partial charge in [-0.1, -0.05) is 44.1 Å². The molecule has 0 saturated heterocycles. The van der Waals surface area contributed by atoms with E-state index in [1.807, 2.05) is 0 Å². The largest absolute Gasteiger partial charge is 0.0996 e. The molecule has 2 aliphatic rings. The van der Waals surface area contributed by atoms with Gasteiger partial charge < -0.3 is 0 Å². The van der Waals surface area contributed by atoms with Crippen molar-refractivity contribution in [1.29, 1.82) is 0 Å². The zero-order valence-electron chi connectivity index (χ0n) is 11.7. The Morgan fingerprint density at radius 2 is 2.18 bits per heavy atom. The molecule has 2 aliphatic carbocycles. The first-order valence-corrected chi connectivity index (χ1v) is 7.56. The van der Waals surface area contributed by atoms with Crippen LogP contribution in [0.5, 0.6) is 0 Å². The first kappa shape index (κ1) is 12.9. The van der Waals surface area contributed by atoms with Crippen molar-refractivity contribution < 1.29 is 0 Å². The van der Waals surface area contributed by atoms with Crippen molar-refractivity contribution in [2.45, 2.75) is 65.2 Å². The Hall–Kier alpha value is -0.520. The summed E-state index contributed by atoms with van der Waals surface area (Å²) in [5.41, 5.74) is 3.21. The highest BCUT2D eigenvalue weighted by Crippen LogP contribution is 2.38. The van der Waals surface area contributed by atoms with Gasteiger partial charge in [-0.25, -0.2) is 0 Å². The van der Waals surface area contributed by atoms with E-state index in [1.54, 1.807) is 5.57 Å². The van der Waals surface area contributed by atoms with Gasteiger partial charge in [-0.15, -0.1) is 0 Å². The SMILES string of the molecule is C=C1CCCC1C/C(=C/CC1CCC1C)CC. The Morgan fingerprint density at radius 3 is 2.65 bits per heavy atom. The van der Waals surface area contributed by atoms with Gasteiger partial charge in [0.2, 0.25) is 0 Å². The van der Waals surface area contributed by atoms with Crippen molar-refractivity contribution in [3.8, 4) is 0 Å². The van der Waals surface area contributed by atoms with E-state index in [9.17, 15) is 0 Å². The maximum atomic E-state index is 4.23. The van der Waals surface area contributed by atoms with Gasteiger partial charge in [0.25, 0.3) is 0 Å². The van der Waals surface area contributed by atoms with Crippen LogP contribution in [-0.2, 0) is 0 Å². The number of hydrogen-bond donors (Lipinski definition) is 0. The average molecular weight is 232 g/mol. The maximum absolute atomic E-state index is 4.23. The highest BCUT2D eigenvalue weighted by atomic mass is 14.3. The van der Waals surface area contributed by atoms with Crippen molar-refractivity contribution in [3.63, 3.8) is 0 Å². The van der Waals surface area contributed by atoms with Crippen LogP contribution in [0.2, 0.25) is 0 Å². The molecule has 0 aromatic carbocycles. The highest BCUT2D eigenvalue weighted by Gasteiger charge is 2.25. The summed E-state index contributed by atoms with van der Waals surface area (Å²) in [5, 5.41) is 0. The topological polar surface area (TPSA) is 0 Å². The molecule has 0 bridgehead atoms. The third-order valence-electron chi connectivity index (χ3n) is 5.10. The minimum absolute atomic E-state index is 0.806. The van der Waals surface area contributed by atoms with Crippen molar-refractivity contribution in [2.24, 2.45) is 17.8 Å². The fourth-order valence-electron chi connectivity index (χ4n) is 3.32. The van der Waals surface area contributed by atoms with Gasteiger partial charge in [0.05, 0.1) is 0 Å². The lowest BCUT2D eigenvalue weighted by atomic mass is 9.73. The van der Waals surface area contributed by atoms with Crippen LogP contribution in [0.3, 0.4) is 0 Å². The van der Waals surface area contributed by atoms with Gasteiger partial charge in [0.15, 0.2) is 0 Å². The van der Waals surface area contributed by atoms with Crippen LogP contribution in [0, 0.1) is 17.8 Å². The minimum Gasteiger partial charge on any atom is -0.0996 e. The Kier molecular flexibility index (Phi) is 4.48. The predicted octanol–water partition coefficient (Wildman–Crippen LogP) is 5.51. The van der Waals surface area contributed by atoms with Gasteiger partial charge in [0.1, 0.15) is 0 Å². The van der Waals surface area contributed by atoms with Gasteiger partial charge in [-0.2, -0.15) is 0 Å². The van der Waals surface area contributed by atoms with E-state index in [4.69, 9.17) is 0 Å². The molecule has 0 aliphatic heterocycles. The van der Waals surface area contributed by atoms with Crippen LogP contribution in [0.1, 0.15) is 65.2 Å². The summed E-state index contributed by atoms with van der Waals surface area (Å²) in [6, 6.07) is 0. The molecular formula is C17H28. The standard InChI is InChI=1S/C17H28/c1-4-15(9-11-16-10-8-14(16)3)12-17-7-5-6-13(17)2/h9,14,16-17H,2,4-8,10-12H2,1,3H3/b15-9+. The van der Waals surface area contributed by atoms with E-state index in [-0.39, 0.29) is 0 Å². The van der Waals surface area contributed by atoms with Crippen LogP contribution in [0.4, 0.5) is 0 Å². The molecule has 0 amide bonds. The molecule has 3 unspecified atom stereocenters. The Balaban J connectivity index is 1.82. The zero-order valence-corrected chi connectivity index (χ0v) is 11.7. The average Bonchev–Trinajstić information content (AvgIpc) is 2.71. The fourth-order valence-corrected chi connectivity index (χ4v) is 3.32. The molecule has 0 nitrogen and oxygen atoms in total. The quantitative estimate of drug-likeness (QED) is 0.549. The van der Waals surface area contributed by atoms with Crippen LogP contribution in [-0.4, -0.2) is 0 Å². The lowest BCUT2D eigenvalue weighted by molar-refractivity contribution is 0.199. The van der Waals surface area contributed by atoms with Crippen molar-refractivity contribution >= 4 is 0 Å². The van der Waals surface area contributed by atoms with Crippen molar-refractivity contribution in [2.75, 3.05) is 0 Å². The van der Waals surface area contributed by atoms with Crippen LogP contribution >= 0.6 is 0 Å². The second-order valence-electron chi connectivity index (χ2n) is 6.22. The Labute approximate surface area is 107 Å². The molecule has 0 radical (unpaired) electrons. The summed E-state index contributed by atoms with van der Waals surface area (Å²) in [6.45, 7) is 8.95. The smallest absolute Gasteiger partial charge is 0.0169 e. The van der Waals surface area contributed by atoms with E-state index in [0.717, 1.165) is 17.8 Å². The third-order valence-corrected chi connectivity index (χ3v) is 5.10. The number of hydrogen-bond acceptors (Lipinski definition) is 0. The highest BCUT2D eigenvalue weighted by molar-refractivity contribution is 5.13. The molecule has 0 spiro atoms. The van der Waals surface area contributed by atoms with Crippen LogP contribution < -0.4 is 0 Å². The van der Waals surface area contributed by atoms with E-state index < -0.39 is 0 Å². The lowest BCUT2D eigenvalue weighted by Crippen LogP contribution is -2.22. The summed E-state index contributed by atoms with van der Waals surface area (Å²) in [7, 11) is 0. The fraction of sp³-hybridized carbons (Fsp3) is 0.765. The second-order valence-corrected chi connectivity index (χ2v) is 6.22.